The molecule has 2 heterocycles. The minimum Gasteiger partial charge on any atom is -0.497 e. The van der Waals surface area contributed by atoms with Crippen LogP contribution in [0.3, 0.4) is 0 Å². The number of anilines is 1. The van der Waals surface area contributed by atoms with Crippen molar-refractivity contribution in [3.05, 3.63) is 65.9 Å². The van der Waals surface area contributed by atoms with Crippen LogP contribution in [0.2, 0.25) is 0 Å². The van der Waals surface area contributed by atoms with Crippen molar-refractivity contribution in [3.63, 3.8) is 0 Å². The van der Waals surface area contributed by atoms with Crippen molar-refractivity contribution in [1.29, 1.82) is 0 Å². The molecule has 0 unspecified atom stereocenters. The summed E-state index contributed by atoms with van der Waals surface area (Å²) in [6.45, 7) is 2.03. The molecule has 1 fully saturated rings. The number of carbonyl (C=O) groups is 5. The third kappa shape index (κ3) is 12.0. The molecule has 0 aliphatic carbocycles. The number of nitrogens with one attached hydrogen (secondary N) is 2. The number of β-amino-alcohol motifs (C(OH)–C–C–N with tert-alkyl or cyclic N) is 1. The Bertz CT molecular complexity index is 1500. The third-order valence-electron chi connectivity index (χ3n) is 6.48. The number of fused-ring (bicyclic) bond motifs is 1. The highest BCUT2D eigenvalue weighted by molar-refractivity contribution is 6.27. The Morgan fingerprint density at radius 2 is 1.54 bits per heavy atom. The predicted octanol–water partition coefficient (Wildman–Crippen LogP) is 1.56. The number of carboxylic acids is 4. The number of carbonyl (C=O) groups excluding carboxylic acids is 1. The van der Waals surface area contributed by atoms with E-state index in [9.17, 15) is 18.7 Å². The van der Waals surface area contributed by atoms with Crippen LogP contribution in [0.4, 0.5) is 14.5 Å². The first-order valence-electron chi connectivity index (χ1n) is 13.5. The maximum Gasteiger partial charge on any atom is 0.414 e. The van der Waals surface area contributed by atoms with Gasteiger partial charge in [-0.15, -0.1) is 0 Å². The number of aliphatic carboxylic acids is 4. The Morgan fingerprint density at radius 3 is 2.11 bits per heavy atom. The molecule has 1 saturated heterocycles. The van der Waals surface area contributed by atoms with Crippen LogP contribution in [0.15, 0.2) is 48.7 Å². The average Bonchev–Trinajstić information content (AvgIpc) is 3.02. The van der Waals surface area contributed by atoms with Gasteiger partial charge in [-0.25, -0.2) is 28.0 Å². The van der Waals surface area contributed by atoms with Crippen LogP contribution < -0.4 is 15.4 Å². The van der Waals surface area contributed by atoms with Crippen LogP contribution in [0.1, 0.15) is 24.5 Å². The van der Waals surface area contributed by atoms with Gasteiger partial charge >= 0.3 is 23.9 Å². The molecule has 15 nitrogen and oxygen atoms in total. The van der Waals surface area contributed by atoms with E-state index in [1.165, 1.54) is 0 Å². The molecular formula is C29H32F2N4O11. The summed E-state index contributed by atoms with van der Waals surface area (Å²) in [5.74, 6) is -8.30. The highest BCUT2D eigenvalue weighted by Gasteiger charge is 2.23. The second-order valence-corrected chi connectivity index (χ2v) is 9.65. The number of rotatable bonds is 8. The molecular weight excluding hydrogens is 618 g/mol. The van der Waals surface area contributed by atoms with Gasteiger partial charge in [-0.2, -0.15) is 0 Å². The van der Waals surface area contributed by atoms with E-state index in [0.29, 0.717) is 12.3 Å². The molecule has 17 heteroatoms. The Hall–Kier alpha value is -5.26. The van der Waals surface area contributed by atoms with Gasteiger partial charge in [0.05, 0.1) is 31.0 Å². The van der Waals surface area contributed by atoms with Gasteiger partial charge in [-0.3, -0.25) is 9.78 Å². The second kappa shape index (κ2) is 17.9. The number of methoxy groups -OCH3 is 1. The quantitative estimate of drug-likeness (QED) is 0.171. The lowest BCUT2D eigenvalue weighted by Gasteiger charge is -2.33. The van der Waals surface area contributed by atoms with E-state index >= 15 is 0 Å². The largest absolute Gasteiger partial charge is 0.497 e. The monoisotopic (exact) mass is 650 g/mol. The highest BCUT2D eigenvalue weighted by atomic mass is 19.1. The van der Waals surface area contributed by atoms with Gasteiger partial charge < -0.3 is 45.8 Å². The lowest BCUT2D eigenvalue weighted by atomic mass is 10.0. The molecule has 1 atom stereocenters. The second-order valence-electron chi connectivity index (χ2n) is 9.65. The van der Waals surface area contributed by atoms with E-state index in [1.54, 1.807) is 13.3 Å². The number of aliphatic hydroxyl groups excluding tert-OH is 1. The Labute approximate surface area is 260 Å². The molecule has 46 heavy (non-hydrogen) atoms. The molecule has 0 bridgehead atoms. The maximum absolute atomic E-state index is 13.7. The smallest absolute Gasteiger partial charge is 0.414 e. The van der Waals surface area contributed by atoms with Gasteiger partial charge in [0.2, 0.25) is 5.91 Å². The zero-order valence-corrected chi connectivity index (χ0v) is 24.4. The topological polar surface area (TPSA) is 236 Å². The molecule has 0 spiro atoms. The number of nitrogens with zero attached hydrogens (tertiary/aromatic N) is 2. The number of benzene rings is 2. The molecule has 1 aromatic heterocycles. The fourth-order valence-electron chi connectivity index (χ4n) is 4.25. The number of aliphatic hydroxyl groups is 1. The summed E-state index contributed by atoms with van der Waals surface area (Å²) in [6.07, 6.45) is 2.64. The number of piperidine rings is 1. The highest BCUT2D eigenvalue weighted by Crippen LogP contribution is 2.27. The number of hydrogen-bond acceptors (Lipinski definition) is 10. The molecule has 1 amide bonds. The van der Waals surface area contributed by atoms with E-state index < -0.39 is 47.5 Å². The minimum absolute atomic E-state index is 0.00802. The first-order chi connectivity index (χ1) is 21.7. The Balaban J connectivity index is 0.000000522. The first kappa shape index (κ1) is 36.9. The van der Waals surface area contributed by atoms with Crippen LogP contribution in [0.25, 0.3) is 10.9 Å². The zero-order valence-electron chi connectivity index (χ0n) is 24.4. The van der Waals surface area contributed by atoms with E-state index in [4.69, 9.17) is 44.3 Å². The fourth-order valence-corrected chi connectivity index (χ4v) is 4.25. The SMILES string of the molecule is COc1ccc2nccc([C@@H](O)CN3CCC(NCC(=O)Nc4cc(F)ccc4F)CC3)c2c1.O=C(O)C(=O)O.O=C(O)C(=O)O. The van der Waals surface area contributed by atoms with Crippen molar-refractivity contribution in [2.75, 3.05) is 38.6 Å². The number of aromatic nitrogens is 1. The minimum atomic E-state index is -1.82. The summed E-state index contributed by atoms with van der Waals surface area (Å²) >= 11 is 0. The summed E-state index contributed by atoms with van der Waals surface area (Å²) in [6, 6.07) is 10.5. The molecule has 7 N–H and O–H groups in total. The van der Waals surface area contributed by atoms with Crippen molar-refractivity contribution < 1.29 is 63.0 Å². The van der Waals surface area contributed by atoms with Crippen molar-refractivity contribution in [2.24, 2.45) is 0 Å². The van der Waals surface area contributed by atoms with Crippen molar-refractivity contribution in [1.82, 2.24) is 15.2 Å². The predicted molar refractivity (Wildman–Crippen MR) is 156 cm³/mol. The average molecular weight is 651 g/mol. The lowest BCUT2D eigenvalue weighted by molar-refractivity contribution is -0.159. The third-order valence-corrected chi connectivity index (χ3v) is 6.48. The number of carboxylic acid groups (broad SMARTS) is 4. The van der Waals surface area contributed by atoms with Gasteiger partial charge in [-0.1, -0.05) is 0 Å². The molecule has 248 valence electrons. The normalized spacial score (nSPS) is 13.7. The summed E-state index contributed by atoms with van der Waals surface area (Å²) < 4.78 is 32.2. The van der Waals surface area contributed by atoms with Gasteiger partial charge in [0.15, 0.2) is 0 Å². The first-order valence-corrected chi connectivity index (χ1v) is 13.5. The molecule has 0 radical (unpaired) electrons. The summed E-state index contributed by atoms with van der Waals surface area (Å²) in [5.41, 5.74) is 1.44. The number of hydrogen-bond donors (Lipinski definition) is 7. The molecule has 2 aromatic carbocycles. The van der Waals surface area contributed by atoms with Crippen LogP contribution >= 0.6 is 0 Å². The molecule has 4 rings (SSSR count). The van der Waals surface area contributed by atoms with Crippen molar-refractivity contribution in [3.8, 4) is 5.75 Å². The van der Waals surface area contributed by atoms with Gasteiger partial charge in [0.25, 0.3) is 0 Å². The van der Waals surface area contributed by atoms with E-state index in [2.05, 4.69) is 20.5 Å². The summed E-state index contributed by atoms with van der Waals surface area (Å²) in [7, 11) is 1.61. The van der Waals surface area contributed by atoms with Gasteiger partial charge in [0, 0.05) is 30.2 Å². The van der Waals surface area contributed by atoms with Crippen LogP contribution in [-0.4, -0.2) is 105 Å². The molecule has 0 saturated carbocycles. The van der Waals surface area contributed by atoms with Crippen molar-refractivity contribution >= 4 is 46.4 Å². The summed E-state index contributed by atoms with van der Waals surface area (Å²) in [5, 5.41) is 46.9. The molecule has 1 aliphatic rings. The van der Waals surface area contributed by atoms with Crippen LogP contribution in [-0.2, 0) is 24.0 Å². The number of amides is 1. The van der Waals surface area contributed by atoms with E-state index in [0.717, 1.165) is 60.6 Å². The number of ether oxygens (including phenoxy) is 1. The van der Waals surface area contributed by atoms with Gasteiger partial charge in [0.1, 0.15) is 17.4 Å². The lowest BCUT2D eigenvalue weighted by Crippen LogP contribution is -2.45. The summed E-state index contributed by atoms with van der Waals surface area (Å²) in [4.78, 5) is 55.1. The Morgan fingerprint density at radius 1 is 0.935 bits per heavy atom. The Kier molecular flexibility index (Phi) is 14.4. The van der Waals surface area contributed by atoms with Crippen molar-refractivity contribution in [2.45, 2.75) is 25.0 Å². The van der Waals surface area contributed by atoms with E-state index in [1.807, 2.05) is 24.3 Å². The van der Waals surface area contributed by atoms with E-state index in [-0.39, 0.29) is 18.3 Å². The van der Waals surface area contributed by atoms with Crippen LogP contribution in [0.5, 0.6) is 5.75 Å². The number of halogens is 2. The van der Waals surface area contributed by atoms with Crippen LogP contribution in [0, 0.1) is 11.6 Å². The zero-order chi connectivity index (χ0) is 34.4. The number of pyridine rings is 1. The van der Waals surface area contributed by atoms with Gasteiger partial charge in [-0.05, 0) is 67.9 Å². The standard InChI is InChI=1S/C25H28F2N4O3.2C2H2O4/c1-34-18-3-5-22-20(13-18)19(6-9-28-22)24(32)15-31-10-7-17(8-11-31)29-14-25(33)30-23-12-16(26)2-4-21(23)27;2*3-1(4)2(5)6/h2-6,9,12-13,17,24,29,32H,7-8,10-11,14-15H2,1H3,(H,30,33);2*(H,3,4)(H,5,6)/t24-;;/m0../s1. The molecule has 1 aliphatic heterocycles. The molecule has 3 aromatic rings. The maximum atomic E-state index is 13.7. The fraction of sp³-hybridized carbons (Fsp3) is 0.310. The number of likely N-dealkylation sites (tertiary alicyclic amines) is 1.